The first-order valence-electron chi connectivity index (χ1n) is 4.98. The molecule has 2 N–H and O–H groups in total. The van der Waals surface area contributed by atoms with Crippen LogP contribution in [0.15, 0.2) is 12.4 Å². The van der Waals surface area contributed by atoms with Gasteiger partial charge in [-0.05, 0) is 20.9 Å². The first-order valence-corrected chi connectivity index (χ1v) is 4.98. The molecule has 0 aromatic heterocycles. The lowest BCUT2D eigenvalue weighted by molar-refractivity contribution is -0.119. The number of Topliss-reactive ketones (excluding diaryl/α,β-unsaturated/α-hetero) is 1. The molecule has 1 heterocycles. The number of rotatable bonds is 4. The summed E-state index contributed by atoms with van der Waals surface area (Å²) in [6, 6.07) is 0.384. The summed E-state index contributed by atoms with van der Waals surface area (Å²) in [5.74, 6) is 0.187. The first kappa shape index (κ1) is 11.0. The normalized spacial score (nSPS) is 23.1. The van der Waals surface area contributed by atoms with Crippen molar-refractivity contribution in [1.29, 1.82) is 0 Å². The Morgan fingerprint density at radius 3 is 3.00 bits per heavy atom. The molecular weight excluding hydrogens is 178 g/mol. The number of nitrogens with zero attached hydrogens (tertiary/aromatic N) is 1. The molecular formula is C10H19N3O. The minimum atomic E-state index is -0.0649. The van der Waals surface area contributed by atoms with E-state index in [2.05, 4.69) is 22.5 Å². The Kier molecular flexibility index (Phi) is 3.95. The van der Waals surface area contributed by atoms with Crippen LogP contribution < -0.4 is 10.6 Å². The number of carbonyl (C=O) groups excluding carboxylic acids is 1. The molecule has 4 nitrogen and oxygen atoms in total. The van der Waals surface area contributed by atoms with Crippen molar-refractivity contribution in [1.82, 2.24) is 15.5 Å². The summed E-state index contributed by atoms with van der Waals surface area (Å²) in [5.41, 5.74) is 0. The fourth-order valence-corrected chi connectivity index (χ4v) is 1.57. The van der Waals surface area contributed by atoms with E-state index in [0.717, 1.165) is 13.1 Å². The van der Waals surface area contributed by atoms with Crippen LogP contribution in [0.25, 0.3) is 0 Å². The smallest absolute Gasteiger partial charge is 0.148 e. The Labute approximate surface area is 85.3 Å². The molecule has 0 aromatic carbocycles. The molecule has 0 fully saturated rings. The molecule has 0 saturated heterocycles. The maximum Gasteiger partial charge on any atom is 0.148 e. The number of likely N-dealkylation sites (N-methyl/N-ethyl adjacent to an activating group) is 1. The highest BCUT2D eigenvalue weighted by molar-refractivity contribution is 5.81. The van der Waals surface area contributed by atoms with Crippen LogP contribution in [0.1, 0.15) is 13.8 Å². The number of carbonyl (C=O) groups is 1. The zero-order valence-electron chi connectivity index (χ0n) is 9.08. The van der Waals surface area contributed by atoms with Crippen LogP contribution in [0.4, 0.5) is 0 Å². The number of nitrogens with one attached hydrogen (secondary N) is 2. The van der Waals surface area contributed by atoms with Gasteiger partial charge in [0.05, 0.1) is 6.04 Å². The second kappa shape index (κ2) is 5.00. The van der Waals surface area contributed by atoms with E-state index < -0.39 is 0 Å². The third-order valence-corrected chi connectivity index (χ3v) is 2.43. The number of hydrogen-bond acceptors (Lipinski definition) is 4. The van der Waals surface area contributed by atoms with Crippen LogP contribution in [-0.4, -0.2) is 42.9 Å². The maximum absolute atomic E-state index is 11.2. The van der Waals surface area contributed by atoms with Gasteiger partial charge in [0.1, 0.15) is 5.78 Å². The standard InChI is InChI=1S/C10H19N3O/c1-8-6-13(5-4-12-8)7-10(11-3)9(2)14/h4-5,8,10-12H,6-7H2,1-3H3. The zero-order valence-corrected chi connectivity index (χ0v) is 9.08. The summed E-state index contributed by atoms with van der Waals surface area (Å²) in [5, 5.41) is 6.22. The number of ketones is 1. The Balaban J connectivity index is 2.46. The fourth-order valence-electron chi connectivity index (χ4n) is 1.57. The van der Waals surface area contributed by atoms with E-state index >= 15 is 0 Å². The fraction of sp³-hybridized carbons (Fsp3) is 0.700. The van der Waals surface area contributed by atoms with Crippen LogP contribution in [0, 0.1) is 0 Å². The van der Waals surface area contributed by atoms with Crippen LogP contribution >= 0.6 is 0 Å². The van der Waals surface area contributed by atoms with E-state index in [9.17, 15) is 4.79 Å². The van der Waals surface area contributed by atoms with Crippen molar-refractivity contribution in [2.24, 2.45) is 0 Å². The highest BCUT2D eigenvalue weighted by Crippen LogP contribution is 2.01. The van der Waals surface area contributed by atoms with Gasteiger partial charge < -0.3 is 15.5 Å². The lowest BCUT2D eigenvalue weighted by Crippen LogP contribution is -2.47. The summed E-state index contributed by atoms with van der Waals surface area (Å²) in [6.45, 7) is 5.44. The van der Waals surface area contributed by atoms with Gasteiger partial charge in [-0.15, -0.1) is 0 Å². The van der Waals surface area contributed by atoms with E-state index in [1.165, 1.54) is 0 Å². The first-order chi connectivity index (χ1) is 6.63. The minimum Gasteiger partial charge on any atom is -0.385 e. The van der Waals surface area contributed by atoms with Gasteiger partial charge in [0.15, 0.2) is 0 Å². The second-order valence-corrected chi connectivity index (χ2v) is 3.79. The van der Waals surface area contributed by atoms with Gasteiger partial charge in [-0.1, -0.05) is 0 Å². The topological polar surface area (TPSA) is 44.4 Å². The SMILES string of the molecule is CNC(CN1C=CNC(C)C1)C(C)=O. The molecule has 4 heteroatoms. The summed E-state index contributed by atoms with van der Waals surface area (Å²) < 4.78 is 0. The summed E-state index contributed by atoms with van der Waals surface area (Å²) in [4.78, 5) is 13.4. The quantitative estimate of drug-likeness (QED) is 0.662. The Morgan fingerprint density at radius 1 is 1.79 bits per heavy atom. The van der Waals surface area contributed by atoms with E-state index in [-0.39, 0.29) is 11.8 Å². The van der Waals surface area contributed by atoms with Gasteiger partial charge in [-0.3, -0.25) is 4.79 Å². The Hall–Kier alpha value is -1.03. The zero-order chi connectivity index (χ0) is 10.6. The minimum absolute atomic E-state index is 0.0649. The van der Waals surface area contributed by atoms with Gasteiger partial charge in [0.25, 0.3) is 0 Å². The average molecular weight is 197 g/mol. The average Bonchev–Trinajstić information content (AvgIpc) is 2.14. The lowest BCUT2D eigenvalue weighted by atomic mass is 10.2. The molecule has 0 bridgehead atoms. The predicted molar refractivity (Wildman–Crippen MR) is 56.8 cm³/mol. The van der Waals surface area contributed by atoms with Crippen LogP contribution in [0.3, 0.4) is 0 Å². The third kappa shape index (κ3) is 3.03. The van der Waals surface area contributed by atoms with Gasteiger partial charge >= 0.3 is 0 Å². The molecule has 0 spiro atoms. The summed E-state index contributed by atoms with van der Waals surface area (Å²) in [7, 11) is 1.82. The highest BCUT2D eigenvalue weighted by Gasteiger charge is 2.17. The van der Waals surface area contributed by atoms with E-state index in [4.69, 9.17) is 0 Å². The van der Waals surface area contributed by atoms with Gasteiger partial charge in [0.2, 0.25) is 0 Å². The Morgan fingerprint density at radius 2 is 2.50 bits per heavy atom. The largest absolute Gasteiger partial charge is 0.385 e. The molecule has 0 saturated carbocycles. The predicted octanol–water partition coefficient (Wildman–Crippen LogP) is -0.0717. The van der Waals surface area contributed by atoms with Crippen molar-refractivity contribution in [3.63, 3.8) is 0 Å². The monoisotopic (exact) mass is 197 g/mol. The molecule has 0 radical (unpaired) electrons. The van der Waals surface area contributed by atoms with E-state index in [0.29, 0.717) is 6.04 Å². The van der Waals surface area contributed by atoms with Crippen molar-refractivity contribution < 1.29 is 4.79 Å². The van der Waals surface area contributed by atoms with Crippen LogP contribution in [0.5, 0.6) is 0 Å². The van der Waals surface area contributed by atoms with Crippen molar-refractivity contribution in [3.8, 4) is 0 Å². The molecule has 1 aliphatic heterocycles. The molecule has 0 aliphatic carbocycles. The van der Waals surface area contributed by atoms with E-state index in [1.54, 1.807) is 6.92 Å². The van der Waals surface area contributed by atoms with Crippen molar-refractivity contribution in [2.45, 2.75) is 25.9 Å². The second-order valence-electron chi connectivity index (χ2n) is 3.79. The molecule has 2 atom stereocenters. The Bertz CT molecular complexity index is 227. The summed E-state index contributed by atoms with van der Waals surface area (Å²) >= 11 is 0. The summed E-state index contributed by atoms with van der Waals surface area (Å²) in [6.07, 6.45) is 3.92. The number of hydrogen-bond donors (Lipinski definition) is 2. The molecule has 0 aromatic rings. The lowest BCUT2D eigenvalue weighted by Gasteiger charge is -2.31. The van der Waals surface area contributed by atoms with Crippen LogP contribution in [0.2, 0.25) is 0 Å². The molecule has 14 heavy (non-hydrogen) atoms. The van der Waals surface area contributed by atoms with Crippen molar-refractivity contribution >= 4 is 5.78 Å². The van der Waals surface area contributed by atoms with Gasteiger partial charge in [0, 0.05) is 31.5 Å². The molecule has 1 aliphatic rings. The maximum atomic E-state index is 11.2. The van der Waals surface area contributed by atoms with Crippen molar-refractivity contribution in [2.75, 3.05) is 20.1 Å². The van der Waals surface area contributed by atoms with Crippen molar-refractivity contribution in [3.05, 3.63) is 12.4 Å². The molecule has 2 unspecified atom stereocenters. The van der Waals surface area contributed by atoms with E-state index in [1.807, 2.05) is 19.4 Å². The molecule has 0 amide bonds. The van der Waals surface area contributed by atoms with Crippen LogP contribution in [-0.2, 0) is 4.79 Å². The van der Waals surface area contributed by atoms with Gasteiger partial charge in [-0.25, -0.2) is 0 Å². The molecule has 1 rings (SSSR count). The third-order valence-electron chi connectivity index (χ3n) is 2.43. The highest BCUT2D eigenvalue weighted by atomic mass is 16.1. The molecule has 80 valence electrons. The van der Waals surface area contributed by atoms with Gasteiger partial charge in [-0.2, -0.15) is 0 Å².